The fourth-order valence-corrected chi connectivity index (χ4v) is 4.04. The van der Waals surface area contributed by atoms with Gasteiger partial charge in [-0.15, -0.1) is 0 Å². The van der Waals surface area contributed by atoms with E-state index in [9.17, 15) is 28.8 Å². The molecule has 3 aromatic rings. The number of aryl methyl sites for hydroxylation is 1. The van der Waals surface area contributed by atoms with Crippen LogP contribution in [0.3, 0.4) is 0 Å². The highest BCUT2D eigenvalue weighted by molar-refractivity contribution is 6.38. The minimum Gasteiger partial charge on any atom is -0.461 e. The molecule has 0 unspecified atom stereocenters. The van der Waals surface area contributed by atoms with E-state index in [2.05, 4.69) is 0 Å². The number of esters is 3. The molecule has 1 aliphatic rings. The van der Waals surface area contributed by atoms with Crippen LogP contribution in [-0.4, -0.2) is 29.5 Å². The number of fused-ring (bicyclic) bond motifs is 3. The summed E-state index contributed by atoms with van der Waals surface area (Å²) in [7, 11) is 0. The van der Waals surface area contributed by atoms with Crippen LogP contribution in [0.4, 0.5) is 0 Å². The lowest BCUT2D eigenvalue weighted by molar-refractivity contribution is -0.132. The molecule has 4 rings (SSSR count). The summed E-state index contributed by atoms with van der Waals surface area (Å²) in [6.07, 6.45) is 0. The van der Waals surface area contributed by atoms with Crippen molar-refractivity contribution in [3.8, 4) is 17.2 Å². The zero-order valence-corrected chi connectivity index (χ0v) is 19.4. The van der Waals surface area contributed by atoms with Gasteiger partial charge in [0.2, 0.25) is 5.78 Å². The topological polar surface area (TPSA) is 143 Å². The lowest BCUT2D eigenvalue weighted by Gasteiger charge is -2.23. The molecule has 0 saturated heterocycles. The predicted octanol–water partition coefficient (Wildman–Crippen LogP) is 3.31. The normalized spacial score (nSPS) is 12.1. The molecule has 0 N–H and O–H groups in total. The van der Waals surface area contributed by atoms with E-state index in [1.54, 1.807) is 0 Å². The second-order valence-electron chi connectivity index (χ2n) is 7.60. The molecule has 0 atom stereocenters. The number of ether oxygens (including phenoxy) is 3. The highest BCUT2D eigenvalue weighted by atomic mass is 35.5. The van der Waals surface area contributed by atoms with Gasteiger partial charge in [0.25, 0.3) is 0 Å². The average molecular weight is 499 g/mol. The molecule has 0 spiro atoms. The van der Waals surface area contributed by atoms with E-state index in [0.29, 0.717) is 0 Å². The van der Waals surface area contributed by atoms with Crippen LogP contribution in [0.1, 0.15) is 58.4 Å². The van der Waals surface area contributed by atoms with Crippen molar-refractivity contribution in [2.24, 2.45) is 0 Å². The minimum atomic E-state index is -0.916. The van der Waals surface area contributed by atoms with Crippen LogP contribution >= 0.6 is 11.6 Å². The summed E-state index contributed by atoms with van der Waals surface area (Å²) in [6, 6.07) is 3.38. The van der Waals surface area contributed by atoms with Gasteiger partial charge in [0.1, 0.15) is 21.8 Å². The Labute approximate surface area is 201 Å². The minimum absolute atomic E-state index is 0.0935. The van der Waals surface area contributed by atoms with Gasteiger partial charge in [-0.3, -0.25) is 28.8 Å². The third-order valence-corrected chi connectivity index (χ3v) is 5.33. The molecule has 0 saturated carbocycles. The van der Waals surface area contributed by atoms with Crippen molar-refractivity contribution in [3.05, 3.63) is 61.5 Å². The SMILES string of the molecule is CC(=O)Oc1cc2c(c(OC(C)=O)c1Cl)C(=O)c1c(cc3oc(C)cc(=O)c3c1OC(C)=O)C2=O. The van der Waals surface area contributed by atoms with Crippen molar-refractivity contribution in [1.29, 1.82) is 0 Å². The number of ketones is 2. The lowest BCUT2D eigenvalue weighted by atomic mass is 9.82. The van der Waals surface area contributed by atoms with Crippen LogP contribution in [0.25, 0.3) is 11.0 Å². The van der Waals surface area contributed by atoms with Gasteiger partial charge in [0.15, 0.2) is 28.5 Å². The maximum atomic E-state index is 13.7. The smallest absolute Gasteiger partial charge is 0.308 e. The van der Waals surface area contributed by atoms with Gasteiger partial charge in [0, 0.05) is 38.0 Å². The Morgan fingerprint density at radius 2 is 1.31 bits per heavy atom. The number of benzene rings is 2. The number of halogens is 1. The first kappa shape index (κ1) is 23.8. The fourth-order valence-electron chi connectivity index (χ4n) is 3.81. The van der Waals surface area contributed by atoms with Gasteiger partial charge in [-0.2, -0.15) is 0 Å². The summed E-state index contributed by atoms with van der Waals surface area (Å²) in [5.74, 6) is -5.33. The summed E-state index contributed by atoms with van der Waals surface area (Å²) in [5, 5.41) is -0.644. The molecule has 0 radical (unpaired) electrons. The van der Waals surface area contributed by atoms with Crippen molar-refractivity contribution < 1.29 is 42.6 Å². The zero-order chi connectivity index (χ0) is 25.8. The number of hydrogen-bond donors (Lipinski definition) is 0. The maximum absolute atomic E-state index is 13.7. The summed E-state index contributed by atoms with van der Waals surface area (Å²) in [5.41, 5.74) is -2.08. The molecule has 11 heteroatoms. The monoisotopic (exact) mass is 498 g/mol. The van der Waals surface area contributed by atoms with Gasteiger partial charge in [-0.1, -0.05) is 11.6 Å². The molecule has 1 aromatic heterocycles. The Morgan fingerprint density at radius 3 is 1.91 bits per heavy atom. The summed E-state index contributed by atoms with van der Waals surface area (Å²) in [6.45, 7) is 4.69. The van der Waals surface area contributed by atoms with Gasteiger partial charge >= 0.3 is 17.9 Å². The molecule has 35 heavy (non-hydrogen) atoms. The predicted molar refractivity (Wildman–Crippen MR) is 119 cm³/mol. The second kappa shape index (κ2) is 8.48. The van der Waals surface area contributed by atoms with Crippen molar-refractivity contribution in [2.75, 3.05) is 0 Å². The highest BCUT2D eigenvalue weighted by Crippen LogP contribution is 2.46. The number of hydrogen-bond acceptors (Lipinski definition) is 10. The Balaban J connectivity index is 2.14. The Bertz CT molecular complexity index is 1580. The quantitative estimate of drug-likeness (QED) is 0.305. The lowest BCUT2D eigenvalue weighted by Crippen LogP contribution is -2.25. The van der Waals surface area contributed by atoms with E-state index in [-0.39, 0.29) is 33.6 Å². The summed E-state index contributed by atoms with van der Waals surface area (Å²) >= 11 is 6.27. The van der Waals surface area contributed by atoms with E-state index in [0.717, 1.165) is 32.9 Å². The van der Waals surface area contributed by atoms with E-state index < -0.39 is 62.6 Å². The van der Waals surface area contributed by atoms with Crippen LogP contribution in [0.2, 0.25) is 5.02 Å². The fraction of sp³-hybridized carbons (Fsp3) is 0.167. The van der Waals surface area contributed by atoms with Crippen LogP contribution in [0.15, 0.2) is 27.4 Å². The van der Waals surface area contributed by atoms with Crippen molar-refractivity contribution in [2.45, 2.75) is 27.7 Å². The van der Waals surface area contributed by atoms with Gasteiger partial charge in [-0.05, 0) is 19.1 Å². The van der Waals surface area contributed by atoms with Gasteiger partial charge in [0.05, 0.1) is 11.1 Å². The molecule has 2 aromatic carbocycles. The van der Waals surface area contributed by atoms with Gasteiger partial charge in [-0.25, -0.2) is 0 Å². The van der Waals surface area contributed by atoms with E-state index >= 15 is 0 Å². The van der Waals surface area contributed by atoms with Crippen molar-refractivity contribution >= 4 is 52.0 Å². The first-order chi connectivity index (χ1) is 16.4. The molecule has 10 nitrogen and oxygen atoms in total. The van der Waals surface area contributed by atoms with E-state index in [1.807, 2.05) is 0 Å². The van der Waals surface area contributed by atoms with Crippen molar-refractivity contribution in [1.82, 2.24) is 0 Å². The van der Waals surface area contributed by atoms with Crippen LogP contribution in [0.5, 0.6) is 17.2 Å². The largest absolute Gasteiger partial charge is 0.461 e. The standard InChI is InChI=1S/C24H15ClO10/c1-8-5-14(29)19-15(32-8)6-12-17(23(19)34-10(3)27)22(31)18-13(21(12)30)7-16(33-9(2)26)20(25)24(18)35-11(4)28/h5-7H,1-4H3. The van der Waals surface area contributed by atoms with E-state index in [4.69, 9.17) is 30.2 Å². The summed E-state index contributed by atoms with van der Waals surface area (Å²) in [4.78, 5) is 75.2. The number of carbonyl (C=O) groups is 5. The second-order valence-corrected chi connectivity index (χ2v) is 7.98. The third kappa shape index (κ3) is 3.97. The first-order valence-electron chi connectivity index (χ1n) is 10.0. The Kier molecular flexibility index (Phi) is 5.77. The molecule has 0 amide bonds. The van der Waals surface area contributed by atoms with Gasteiger partial charge < -0.3 is 18.6 Å². The first-order valence-corrected chi connectivity index (χ1v) is 10.4. The number of rotatable bonds is 3. The average Bonchev–Trinajstić information content (AvgIpc) is 2.72. The highest BCUT2D eigenvalue weighted by Gasteiger charge is 2.40. The molecular formula is C24H15ClO10. The third-order valence-electron chi connectivity index (χ3n) is 4.97. The molecular weight excluding hydrogens is 484 g/mol. The molecule has 0 fully saturated rings. The van der Waals surface area contributed by atoms with Crippen molar-refractivity contribution in [3.63, 3.8) is 0 Å². The molecule has 178 valence electrons. The number of carbonyl (C=O) groups excluding carboxylic acids is 5. The zero-order valence-electron chi connectivity index (χ0n) is 18.7. The molecule has 1 aliphatic carbocycles. The molecule has 0 aliphatic heterocycles. The molecule has 1 heterocycles. The van der Waals surface area contributed by atoms with E-state index in [1.165, 1.54) is 13.0 Å². The van der Waals surface area contributed by atoms with Crippen LogP contribution in [-0.2, 0) is 14.4 Å². The summed E-state index contributed by atoms with van der Waals surface area (Å²) < 4.78 is 20.9. The maximum Gasteiger partial charge on any atom is 0.308 e. The Hall–Kier alpha value is -4.31. The van der Waals surface area contributed by atoms with Crippen LogP contribution in [0, 0.1) is 6.92 Å². The van der Waals surface area contributed by atoms with Crippen LogP contribution < -0.4 is 19.6 Å². The molecule has 0 bridgehead atoms. The Morgan fingerprint density at radius 1 is 0.771 bits per heavy atom.